The summed E-state index contributed by atoms with van der Waals surface area (Å²) in [5, 5.41) is 4.96. The number of hydrogen-bond acceptors (Lipinski definition) is 1. The van der Waals surface area contributed by atoms with Crippen LogP contribution < -0.4 is 4.90 Å². The second-order valence-corrected chi connectivity index (χ2v) is 16.9. The Morgan fingerprint density at radius 3 is 1.61 bits per heavy atom. The van der Waals surface area contributed by atoms with Crippen LogP contribution in [0.4, 0.5) is 17.1 Å². The van der Waals surface area contributed by atoms with Gasteiger partial charge in [0.2, 0.25) is 0 Å². The monoisotopic (exact) mass is 840 g/mol. The summed E-state index contributed by atoms with van der Waals surface area (Å²) in [6.45, 7) is 0. The first-order chi connectivity index (χ1) is 32.7. The maximum absolute atomic E-state index is 2.45. The third-order valence-corrected chi connectivity index (χ3v) is 13.0. The van der Waals surface area contributed by atoms with Gasteiger partial charge in [-0.3, -0.25) is 0 Å². The van der Waals surface area contributed by atoms with Crippen molar-refractivity contribution in [1.29, 1.82) is 0 Å². The van der Waals surface area contributed by atoms with Gasteiger partial charge >= 0.3 is 0 Å². The van der Waals surface area contributed by atoms with Crippen molar-refractivity contribution in [2.45, 2.75) is 0 Å². The molecule has 0 N–H and O–H groups in total. The Labute approximate surface area is 385 Å². The Morgan fingerprint density at radius 2 is 0.818 bits per heavy atom. The minimum Gasteiger partial charge on any atom is -0.310 e. The molecule has 0 unspecified atom stereocenters. The quantitative estimate of drug-likeness (QED) is 0.141. The first-order valence-electron chi connectivity index (χ1n) is 22.7. The molecular formula is C64H44N2. The predicted molar refractivity (Wildman–Crippen MR) is 280 cm³/mol. The third kappa shape index (κ3) is 7.02. The van der Waals surface area contributed by atoms with Gasteiger partial charge in [0.05, 0.1) is 16.7 Å². The molecule has 66 heavy (non-hydrogen) atoms. The number of nitrogens with zero attached hydrogens (tertiary/aromatic N) is 2. The molecule has 0 saturated carbocycles. The van der Waals surface area contributed by atoms with Gasteiger partial charge in [-0.15, -0.1) is 0 Å². The Morgan fingerprint density at radius 1 is 0.273 bits per heavy atom. The molecule has 0 aliphatic carbocycles. The number of rotatable bonds is 9. The molecule has 12 aromatic rings. The molecular weight excluding hydrogens is 797 g/mol. The van der Waals surface area contributed by atoms with E-state index in [4.69, 9.17) is 0 Å². The summed E-state index contributed by atoms with van der Waals surface area (Å²) in [6.07, 6.45) is 0. The topological polar surface area (TPSA) is 8.17 Å². The smallest absolute Gasteiger partial charge is 0.0547 e. The Balaban J connectivity index is 1.06. The number of hydrogen-bond donors (Lipinski definition) is 0. The lowest BCUT2D eigenvalue weighted by Crippen LogP contribution is -2.12. The second kappa shape index (κ2) is 16.8. The van der Waals surface area contributed by atoms with E-state index in [-0.39, 0.29) is 0 Å². The predicted octanol–water partition coefficient (Wildman–Crippen LogP) is 17.7. The van der Waals surface area contributed by atoms with Crippen LogP contribution in [-0.4, -0.2) is 4.57 Å². The average molecular weight is 841 g/mol. The van der Waals surface area contributed by atoms with E-state index >= 15 is 0 Å². The summed E-state index contributed by atoms with van der Waals surface area (Å²) < 4.78 is 2.39. The summed E-state index contributed by atoms with van der Waals surface area (Å²) in [6, 6.07) is 97.0. The largest absolute Gasteiger partial charge is 0.310 e. The number of aromatic nitrogens is 1. The van der Waals surface area contributed by atoms with Crippen LogP contribution in [-0.2, 0) is 0 Å². The molecule has 12 rings (SSSR count). The van der Waals surface area contributed by atoms with Gasteiger partial charge in [0.25, 0.3) is 0 Å². The molecule has 310 valence electrons. The van der Waals surface area contributed by atoms with Gasteiger partial charge in [-0.1, -0.05) is 206 Å². The highest BCUT2D eigenvalue weighted by Crippen LogP contribution is 2.49. The Bertz CT molecular complexity index is 3680. The Hall–Kier alpha value is -8.72. The molecule has 0 aliphatic rings. The van der Waals surface area contributed by atoms with E-state index in [1.54, 1.807) is 0 Å². The van der Waals surface area contributed by atoms with E-state index in [1.807, 2.05) is 0 Å². The lowest BCUT2D eigenvalue weighted by molar-refractivity contribution is 1.18. The summed E-state index contributed by atoms with van der Waals surface area (Å²) in [5.74, 6) is 0. The van der Waals surface area contributed by atoms with E-state index in [2.05, 4.69) is 276 Å². The number of anilines is 3. The fourth-order valence-electron chi connectivity index (χ4n) is 9.87. The number of para-hydroxylation sites is 2. The lowest BCUT2D eigenvalue weighted by Gasteiger charge is -2.30. The Kier molecular flexibility index (Phi) is 9.89. The van der Waals surface area contributed by atoms with Gasteiger partial charge in [-0.05, 0) is 122 Å². The van der Waals surface area contributed by atoms with Crippen molar-refractivity contribution in [2.24, 2.45) is 0 Å². The standard InChI is InChI=1S/C64H44N2/c1-4-19-47(20-5-1)56-28-12-13-30-60(56)64-57(48-21-6-2-7-22-48)31-17-33-62(64)65(55-27-16-24-50(43-55)51-35-34-45-18-10-11-23-49(45)42-51)54-39-36-46(37-40-54)52-38-41-59-58-29-14-15-32-61(58)66(63(59)44-52)53-25-8-3-9-26-53/h1-44H. The minimum atomic E-state index is 1.07. The number of fused-ring (bicyclic) bond motifs is 4. The van der Waals surface area contributed by atoms with Crippen molar-refractivity contribution in [3.8, 4) is 61.3 Å². The van der Waals surface area contributed by atoms with Crippen LogP contribution in [0.25, 0.3) is 93.9 Å². The van der Waals surface area contributed by atoms with Crippen molar-refractivity contribution in [1.82, 2.24) is 4.57 Å². The van der Waals surface area contributed by atoms with Crippen molar-refractivity contribution in [3.05, 3.63) is 267 Å². The molecule has 0 saturated heterocycles. The van der Waals surface area contributed by atoms with Crippen LogP contribution in [0.15, 0.2) is 267 Å². The molecule has 0 spiro atoms. The fraction of sp³-hybridized carbons (Fsp3) is 0. The molecule has 1 aromatic heterocycles. The molecule has 11 aromatic carbocycles. The molecule has 2 heteroatoms. The minimum absolute atomic E-state index is 1.07. The summed E-state index contributed by atoms with van der Waals surface area (Å²) in [7, 11) is 0. The van der Waals surface area contributed by atoms with Crippen LogP contribution in [0.5, 0.6) is 0 Å². The molecule has 0 amide bonds. The van der Waals surface area contributed by atoms with E-state index in [1.165, 1.54) is 77.1 Å². The SMILES string of the molecule is c1ccc(-c2ccccc2-c2c(-c3ccccc3)cccc2N(c2ccc(-c3ccc4c5ccccc5n(-c5ccccc5)c4c3)cc2)c2cccc(-c3ccc4ccccc4c3)c2)cc1. The zero-order chi connectivity index (χ0) is 43.8. The van der Waals surface area contributed by atoms with Gasteiger partial charge < -0.3 is 9.47 Å². The van der Waals surface area contributed by atoms with Gasteiger partial charge in [-0.25, -0.2) is 0 Å². The van der Waals surface area contributed by atoms with E-state index in [0.29, 0.717) is 0 Å². The maximum Gasteiger partial charge on any atom is 0.0547 e. The molecule has 0 radical (unpaired) electrons. The normalized spacial score (nSPS) is 11.3. The van der Waals surface area contributed by atoms with Crippen LogP contribution in [0, 0.1) is 0 Å². The van der Waals surface area contributed by atoms with Crippen molar-refractivity contribution in [3.63, 3.8) is 0 Å². The first kappa shape index (κ1) is 38.9. The highest BCUT2D eigenvalue weighted by molar-refractivity contribution is 6.10. The second-order valence-electron chi connectivity index (χ2n) is 16.9. The lowest BCUT2D eigenvalue weighted by atomic mass is 9.87. The van der Waals surface area contributed by atoms with Crippen molar-refractivity contribution in [2.75, 3.05) is 4.90 Å². The molecule has 0 atom stereocenters. The van der Waals surface area contributed by atoms with Gasteiger partial charge in [0, 0.05) is 33.4 Å². The maximum atomic E-state index is 2.45. The highest BCUT2D eigenvalue weighted by atomic mass is 15.1. The van der Waals surface area contributed by atoms with Gasteiger partial charge in [0.1, 0.15) is 0 Å². The third-order valence-electron chi connectivity index (χ3n) is 13.0. The summed E-state index contributed by atoms with van der Waals surface area (Å²) in [5.41, 5.74) is 18.5. The van der Waals surface area contributed by atoms with Gasteiger partial charge in [-0.2, -0.15) is 0 Å². The van der Waals surface area contributed by atoms with Crippen LogP contribution in [0.2, 0.25) is 0 Å². The first-order valence-corrected chi connectivity index (χ1v) is 22.7. The molecule has 0 bridgehead atoms. The van der Waals surface area contributed by atoms with Crippen LogP contribution in [0.1, 0.15) is 0 Å². The van der Waals surface area contributed by atoms with E-state index in [9.17, 15) is 0 Å². The highest BCUT2D eigenvalue weighted by Gasteiger charge is 2.23. The molecule has 1 heterocycles. The fourth-order valence-corrected chi connectivity index (χ4v) is 9.87. The van der Waals surface area contributed by atoms with Crippen LogP contribution in [0.3, 0.4) is 0 Å². The van der Waals surface area contributed by atoms with E-state index in [0.717, 1.165) is 33.9 Å². The zero-order valence-electron chi connectivity index (χ0n) is 36.3. The van der Waals surface area contributed by atoms with Crippen molar-refractivity contribution >= 4 is 49.6 Å². The van der Waals surface area contributed by atoms with Gasteiger partial charge in [0.15, 0.2) is 0 Å². The molecule has 2 nitrogen and oxygen atoms in total. The molecule has 0 aliphatic heterocycles. The van der Waals surface area contributed by atoms with E-state index < -0.39 is 0 Å². The summed E-state index contributed by atoms with van der Waals surface area (Å²) in [4.78, 5) is 2.45. The number of benzene rings is 11. The van der Waals surface area contributed by atoms with Crippen LogP contribution >= 0.6 is 0 Å². The zero-order valence-corrected chi connectivity index (χ0v) is 36.3. The molecule has 0 fully saturated rings. The summed E-state index contributed by atoms with van der Waals surface area (Å²) >= 11 is 0. The van der Waals surface area contributed by atoms with Crippen molar-refractivity contribution < 1.29 is 0 Å². The average Bonchev–Trinajstić information content (AvgIpc) is 3.73.